The average Bonchev–Trinajstić information content (AvgIpc) is 3.21. The second kappa shape index (κ2) is 10.2. The topological polar surface area (TPSA) is 97.0 Å². The summed E-state index contributed by atoms with van der Waals surface area (Å²) in [5.41, 5.74) is 1.28. The number of aromatic nitrogens is 2. The van der Waals surface area contributed by atoms with Crippen LogP contribution >= 0.6 is 23.2 Å². The first-order chi connectivity index (χ1) is 17.2. The first kappa shape index (κ1) is 25.6. The van der Waals surface area contributed by atoms with E-state index in [0.717, 1.165) is 18.2 Å². The van der Waals surface area contributed by atoms with Gasteiger partial charge in [-0.25, -0.2) is 26.6 Å². The number of methoxy groups -OCH3 is 1. The Labute approximate surface area is 215 Å². The molecule has 0 saturated carbocycles. The van der Waals surface area contributed by atoms with Gasteiger partial charge in [0.25, 0.3) is 0 Å². The van der Waals surface area contributed by atoms with Crippen LogP contribution in [0.4, 0.5) is 8.78 Å². The molecule has 0 bridgehead atoms. The fourth-order valence-corrected chi connectivity index (χ4v) is 5.13. The summed E-state index contributed by atoms with van der Waals surface area (Å²) in [7, 11) is -3.11. The maximum atomic E-state index is 14.1. The van der Waals surface area contributed by atoms with Crippen molar-refractivity contribution < 1.29 is 21.9 Å². The Bertz CT molecular complexity index is 1580. The summed E-state index contributed by atoms with van der Waals surface area (Å²) in [6.07, 6.45) is 0. The molecule has 12 heteroatoms. The predicted molar refractivity (Wildman–Crippen MR) is 131 cm³/mol. The van der Waals surface area contributed by atoms with Crippen LogP contribution in [-0.4, -0.2) is 25.3 Å². The Balaban J connectivity index is 1.84. The fourth-order valence-electron chi connectivity index (χ4n) is 3.52. The molecule has 0 aliphatic heterocycles. The molecule has 0 aliphatic rings. The van der Waals surface area contributed by atoms with Gasteiger partial charge in [-0.15, -0.1) is 0 Å². The van der Waals surface area contributed by atoms with Crippen LogP contribution in [0, 0.1) is 23.0 Å². The van der Waals surface area contributed by atoms with Gasteiger partial charge >= 0.3 is 0 Å². The summed E-state index contributed by atoms with van der Waals surface area (Å²) in [4.78, 5) is -1.13. The minimum absolute atomic E-state index is 0.00894. The van der Waals surface area contributed by atoms with E-state index in [2.05, 4.69) is 9.82 Å². The van der Waals surface area contributed by atoms with Crippen LogP contribution in [0.25, 0.3) is 16.9 Å². The quantitative estimate of drug-likeness (QED) is 0.329. The lowest BCUT2D eigenvalue weighted by Gasteiger charge is -2.10. The summed E-state index contributed by atoms with van der Waals surface area (Å²) in [6, 6.07) is 16.2. The van der Waals surface area contributed by atoms with Crippen molar-refractivity contribution in [2.24, 2.45) is 0 Å². The van der Waals surface area contributed by atoms with Gasteiger partial charge in [0.15, 0.2) is 4.90 Å². The highest BCUT2D eigenvalue weighted by atomic mass is 35.5. The molecular formula is C24H16Cl2F2N4O3S. The molecule has 1 aromatic heterocycles. The highest BCUT2D eigenvalue weighted by Crippen LogP contribution is 2.33. The monoisotopic (exact) mass is 548 g/mol. The first-order valence-electron chi connectivity index (χ1n) is 10.2. The number of nitrogens with zero attached hydrogens (tertiary/aromatic N) is 3. The number of hydrogen-bond acceptors (Lipinski definition) is 5. The van der Waals surface area contributed by atoms with Crippen LogP contribution in [0.15, 0.2) is 65.6 Å². The minimum atomic E-state index is -4.62. The molecule has 0 saturated heterocycles. The van der Waals surface area contributed by atoms with Crippen LogP contribution in [0.5, 0.6) is 5.75 Å². The van der Waals surface area contributed by atoms with E-state index in [0.29, 0.717) is 27.7 Å². The molecular weight excluding hydrogens is 533 g/mol. The molecule has 184 valence electrons. The zero-order chi connectivity index (χ0) is 26.0. The summed E-state index contributed by atoms with van der Waals surface area (Å²) in [6.45, 7) is -0.527. The molecule has 0 unspecified atom stereocenters. The summed E-state index contributed by atoms with van der Waals surface area (Å²) in [5.74, 6) is -1.92. The Kier molecular flexibility index (Phi) is 7.28. The number of sulfonamides is 1. The van der Waals surface area contributed by atoms with E-state index in [1.165, 1.54) is 17.9 Å². The van der Waals surface area contributed by atoms with Gasteiger partial charge in [-0.05, 0) is 54.6 Å². The van der Waals surface area contributed by atoms with E-state index in [1.54, 1.807) is 36.4 Å². The zero-order valence-corrected chi connectivity index (χ0v) is 20.8. The van der Waals surface area contributed by atoms with Gasteiger partial charge in [-0.1, -0.05) is 29.3 Å². The van der Waals surface area contributed by atoms with Crippen LogP contribution < -0.4 is 9.46 Å². The Morgan fingerprint density at radius 2 is 1.75 bits per heavy atom. The Hall–Kier alpha value is -3.49. The highest BCUT2D eigenvalue weighted by Gasteiger charge is 2.27. The molecule has 3 aromatic carbocycles. The third kappa shape index (κ3) is 4.92. The van der Waals surface area contributed by atoms with Crippen LogP contribution in [0.2, 0.25) is 10.0 Å². The highest BCUT2D eigenvalue weighted by molar-refractivity contribution is 7.89. The van der Waals surface area contributed by atoms with Crippen molar-refractivity contribution in [3.63, 3.8) is 0 Å². The third-order valence-electron chi connectivity index (χ3n) is 5.19. The largest absolute Gasteiger partial charge is 0.497 e. The van der Waals surface area contributed by atoms with Crippen molar-refractivity contribution in [2.75, 3.05) is 7.11 Å². The molecule has 0 fully saturated rings. The van der Waals surface area contributed by atoms with Gasteiger partial charge in [0.2, 0.25) is 10.0 Å². The molecule has 36 heavy (non-hydrogen) atoms. The van der Waals surface area contributed by atoms with E-state index in [9.17, 15) is 22.5 Å². The van der Waals surface area contributed by atoms with Gasteiger partial charge < -0.3 is 4.74 Å². The maximum Gasteiger partial charge on any atom is 0.246 e. The molecule has 0 amide bonds. The lowest BCUT2D eigenvalue weighted by molar-refractivity contribution is 0.415. The fraction of sp³-hybridized carbons (Fsp3) is 0.0833. The van der Waals surface area contributed by atoms with E-state index in [-0.39, 0.29) is 16.3 Å². The van der Waals surface area contributed by atoms with Crippen LogP contribution in [-0.2, 0) is 16.6 Å². The lowest BCUT2D eigenvalue weighted by atomic mass is 10.1. The molecule has 4 rings (SSSR count). The molecule has 0 radical (unpaired) electrons. The van der Waals surface area contributed by atoms with E-state index in [4.69, 9.17) is 27.9 Å². The zero-order valence-electron chi connectivity index (χ0n) is 18.5. The van der Waals surface area contributed by atoms with Crippen LogP contribution in [0.1, 0.15) is 11.3 Å². The average molecular weight is 549 g/mol. The van der Waals surface area contributed by atoms with E-state index >= 15 is 0 Å². The van der Waals surface area contributed by atoms with Crippen molar-refractivity contribution in [3.8, 4) is 28.8 Å². The van der Waals surface area contributed by atoms with Gasteiger partial charge in [0.1, 0.15) is 29.0 Å². The van der Waals surface area contributed by atoms with Gasteiger partial charge in [-0.2, -0.15) is 10.4 Å². The third-order valence-corrected chi connectivity index (χ3v) is 7.18. The second-order valence-electron chi connectivity index (χ2n) is 7.39. The number of benzene rings is 3. The molecule has 0 aliphatic carbocycles. The number of nitriles is 1. The Morgan fingerprint density at radius 3 is 2.33 bits per heavy atom. The number of hydrogen-bond donors (Lipinski definition) is 1. The van der Waals surface area contributed by atoms with Crippen molar-refractivity contribution >= 4 is 33.2 Å². The predicted octanol–water partition coefficient (Wildman–Crippen LogP) is 5.48. The smallest absolute Gasteiger partial charge is 0.246 e. The van der Waals surface area contributed by atoms with Crippen molar-refractivity contribution in [3.05, 3.63) is 93.6 Å². The molecule has 0 atom stereocenters. The summed E-state index contributed by atoms with van der Waals surface area (Å²) >= 11 is 12.4. The van der Waals surface area contributed by atoms with Crippen LogP contribution in [0.3, 0.4) is 0 Å². The van der Waals surface area contributed by atoms with Crippen molar-refractivity contribution in [1.82, 2.24) is 14.5 Å². The Morgan fingerprint density at radius 1 is 1.08 bits per heavy atom. The molecule has 1 N–H and O–H groups in total. The van der Waals surface area contributed by atoms with Gasteiger partial charge in [0.05, 0.1) is 35.8 Å². The molecule has 4 aromatic rings. The number of nitrogens with one attached hydrogen (secondary N) is 1. The van der Waals surface area contributed by atoms with Gasteiger partial charge in [0, 0.05) is 10.6 Å². The summed E-state index contributed by atoms with van der Waals surface area (Å²) < 4.78 is 62.3. The normalized spacial score (nSPS) is 11.3. The molecule has 7 nitrogen and oxygen atoms in total. The van der Waals surface area contributed by atoms with E-state index < -0.39 is 33.1 Å². The van der Waals surface area contributed by atoms with Crippen molar-refractivity contribution in [2.45, 2.75) is 11.4 Å². The van der Waals surface area contributed by atoms with Crippen molar-refractivity contribution in [1.29, 1.82) is 5.26 Å². The maximum absolute atomic E-state index is 14.1. The number of halogens is 4. The number of rotatable bonds is 7. The second-order valence-corrected chi connectivity index (χ2v) is 9.94. The lowest BCUT2D eigenvalue weighted by Crippen LogP contribution is -2.26. The molecule has 1 heterocycles. The first-order valence-corrected chi connectivity index (χ1v) is 12.5. The minimum Gasteiger partial charge on any atom is -0.497 e. The summed E-state index contributed by atoms with van der Waals surface area (Å²) in [5, 5.41) is 15.0. The van der Waals surface area contributed by atoms with Gasteiger partial charge in [-0.3, -0.25) is 0 Å². The number of ether oxygens (including phenoxy) is 1. The van der Waals surface area contributed by atoms with E-state index in [1.807, 2.05) is 6.07 Å². The molecule has 0 spiro atoms. The standard InChI is InChI=1S/C24H16Cl2F2N4O3S/c1-35-16-8-5-14(6-9-16)23-17(12-29)21(31-32(23)22-10-7-15(25)11-18(22)26)13-30-36(33,34)24-19(27)3-2-4-20(24)28/h2-11,30H,13H2,1H3. The SMILES string of the molecule is COc1ccc(-c2c(C#N)c(CNS(=O)(=O)c3c(F)cccc3F)nn2-c2ccc(Cl)cc2Cl)cc1.